The Morgan fingerprint density at radius 2 is 2.20 bits per heavy atom. The van der Waals surface area contributed by atoms with Gasteiger partial charge in [-0.1, -0.05) is 19.9 Å². The SMILES string of the molecule is C=CC[NH+]1CC[NH+]([C@@H](CCCC)c2nnnn2C[C@@H]2CCCO2)CC1. The van der Waals surface area contributed by atoms with Gasteiger partial charge >= 0.3 is 0 Å². The topological polar surface area (TPSA) is 61.7 Å². The van der Waals surface area contributed by atoms with Gasteiger partial charge in [-0.15, -0.1) is 5.10 Å². The van der Waals surface area contributed by atoms with Gasteiger partial charge in [-0.25, -0.2) is 4.68 Å². The summed E-state index contributed by atoms with van der Waals surface area (Å²) in [5, 5.41) is 12.7. The van der Waals surface area contributed by atoms with Gasteiger partial charge in [0.1, 0.15) is 32.2 Å². The molecule has 2 saturated heterocycles. The zero-order valence-electron chi connectivity index (χ0n) is 15.6. The Morgan fingerprint density at radius 3 is 2.88 bits per heavy atom. The Bertz CT molecular complexity index is 519. The summed E-state index contributed by atoms with van der Waals surface area (Å²) in [6.45, 7) is 13.7. The van der Waals surface area contributed by atoms with E-state index in [0.29, 0.717) is 6.04 Å². The molecule has 0 saturated carbocycles. The third kappa shape index (κ3) is 4.86. The van der Waals surface area contributed by atoms with Crippen LogP contribution < -0.4 is 9.80 Å². The molecule has 0 bridgehead atoms. The number of piperazine rings is 1. The minimum Gasteiger partial charge on any atom is -0.376 e. The highest BCUT2D eigenvalue weighted by Crippen LogP contribution is 2.18. The maximum absolute atomic E-state index is 5.79. The van der Waals surface area contributed by atoms with E-state index in [9.17, 15) is 0 Å². The smallest absolute Gasteiger partial charge is 0.209 e. The predicted octanol–water partition coefficient (Wildman–Crippen LogP) is -0.947. The fourth-order valence-corrected chi connectivity index (χ4v) is 4.18. The standard InChI is InChI=1S/C18H32N6O/c1-3-5-8-17(23-12-10-22(9-4-2)11-13-23)18-19-20-21-24(18)15-16-7-6-14-25-16/h4,16-17H,2-3,5-15H2,1H3/p+2/t16-,17-/m0/s1. The summed E-state index contributed by atoms with van der Waals surface area (Å²) in [6.07, 6.45) is 8.19. The first-order valence-corrected chi connectivity index (χ1v) is 9.98. The van der Waals surface area contributed by atoms with Crippen molar-refractivity contribution in [1.29, 1.82) is 0 Å². The molecule has 2 N–H and O–H groups in total. The lowest BCUT2D eigenvalue weighted by Crippen LogP contribution is -3.28. The molecule has 0 spiro atoms. The number of ether oxygens (including phenoxy) is 1. The molecule has 1 aromatic rings. The number of unbranched alkanes of at least 4 members (excludes halogenated alkanes) is 1. The second kappa shape index (κ2) is 9.40. The van der Waals surface area contributed by atoms with Crippen LogP contribution in [-0.2, 0) is 11.3 Å². The van der Waals surface area contributed by atoms with E-state index in [1.807, 2.05) is 10.8 Å². The summed E-state index contributed by atoms with van der Waals surface area (Å²) in [5.41, 5.74) is 0. The van der Waals surface area contributed by atoms with Crippen LogP contribution in [0, 0.1) is 0 Å². The van der Waals surface area contributed by atoms with Crippen molar-refractivity contribution in [1.82, 2.24) is 20.2 Å². The van der Waals surface area contributed by atoms with Crippen LogP contribution in [-0.4, -0.2) is 65.6 Å². The van der Waals surface area contributed by atoms with Gasteiger partial charge in [-0.2, -0.15) is 0 Å². The van der Waals surface area contributed by atoms with Crippen molar-refractivity contribution >= 4 is 0 Å². The third-order valence-corrected chi connectivity index (χ3v) is 5.64. The Morgan fingerprint density at radius 1 is 1.36 bits per heavy atom. The van der Waals surface area contributed by atoms with Crippen LogP contribution in [0.15, 0.2) is 12.7 Å². The number of nitrogens with one attached hydrogen (secondary N) is 2. The number of tetrazole rings is 1. The minimum atomic E-state index is 0.276. The van der Waals surface area contributed by atoms with Crippen molar-refractivity contribution in [2.24, 2.45) is 0 Å². The predicted molar refractivity (Wildman–Crippen MR) is 95.5 cm³/mol. The lowest BCUT2D eigenvalue weighted by atomic mass is 10.1. The first-order valence-electron chi connectivity index (χ1n) is 9.98. The summed E-state index contributed by atoms with van der Waals surface area (Å²) >= 11 is 0. The maximum Gasteiger partial charge on any atom is 0.209 e. The average Bonchev–Trinajstić information content (AvgIpc) is 3.30. The van der Waals surface area contributed by atoms with Crippen molar-refractivity contribution < 1.29 is 14.5 Å². The van der Waals surface area contributed by atoms with E-state index in [4.69, 9.17) is 4.74 Å². The highest BCUT2D eigenvalue weighted by atomic mass is 16.5. The van der Waals surface area contributed by atoms with Gasteiger partial charge in [0, 0.05) is 13.0 Å². The lowest BCUT2D eigenvalue weighted by Gasteiger charge is -2.33. The molecule has 2 aliphatic rings. The molecule has 0 aliphatic carbocycles. The van der Waals surface area contributed by atoms with Gasteiger partial charge in [0.2, 0.25) is 5.82 Å². The molecule has 25 heavy (non-hydrogen) atoms. The molecule has 0 radical (unpaired) electrons. The van der Waals surface area contributed by atoms with E-state index in [2.05, 4.69) is 29.0 Å². The molecule has 1 aromatic heterocycles. The van der Waals surface area contributed by atoms with Crippen molar-refractivity contribution in [2.45, 2.75) is 57.7 Å². The van der Waals surface area contributed by atoms with Gasteiger partial charge in [-0.3, -0.25) is 0 Å². The van der Waals surface area contributed by atoms with E-state index >= 15 is 0 Å². The van der Waals surface area contributed by atoms with Gasteiger partial charge < -0.3 is 14.5 Å². The summed E-state index contributed by atoms with van der Waals surface area (Å²) in [6, 6.07) is 0.404. The van der Waals surface area contributed by atoms with Gasteiger partial charge in [0.25, 0.3) is 0 Å². The molecule has 2 fully saturated rings. The Balaban J connectivity index is 1.68. The van der Waals surface area contributed by atoms with Crippen molar-refractivity contribution in [3.05, 3.63) is 18.5 Å². The molecule has 7 heteroatoms. The Kier molecular flexibility index (Phi) is 6.95. The highest BCUT2D eigenvalue weighted by Gasteiger charge is 2.34. The van der Waals surface area contributed by atoms with Gasteiger partial charge in [-0.05, 0) is 35.8 Å². The average molecular weight is 351 g/mol. The highest BCUT2D eigenvalue weighted by molar-refractivity contribution is 4.89. The Hall–Kier alpha value is -1.31. The van der Waals surface area contributed by atoms with E-state index in [0.717, 1.165) is 44.8 Å². The zero-order chi connectivity index (χ0) is 17.5. The molecule has 3 rings (SSSR count). The molecule has 3 heterocycles. The molecule has 0 amide bonds. The monoisotopic (exact) mass is 350 g/mol. The summed E-state index contributed by atoms with van der Waals surface area (Å²) < 4.78 is 7.81. The Labute approximate surface area is 151 Å². The van der Waals surface area contributed by atoms with Crippen LogP contribution in [0.1, 0.15) is 50.9 Å². The fourth-order valence-electron chi connectivity index (χ4n) is 4.18. The molecule has 140 valence electrons. The number of hydrogen-bond acceptors (Lipinski definition) is 4. The van der Waals surface area contributed by atoms with E-state index < -0.39 is 0 Å². The van der Waals surface area contributed by atoms with Gasteiger partial charge in [0.05, 0.1) is 19.2 Å². The molecule has 2 atom stereocenters. The summed E-state index contributed by atoms with van der Waals surface area (Å²) in [4.78, 5) is 3.29. The zero-order valence-corrected chi connectivity index (χ0v) is 15.6. The van der Waals surface area contributed by atoms with Crippen molar-refractivity contribution in [2.75, 3.05) is 39.3 Å². The minimum absolute atomic E-state index is 0.276. The molecule has 0 unspecified atom stereocenters. The van der Waals surface area contributed by atoms with Crippen LogP contribution >= 0.6 is 0 Å². The fraction of sp³-hybridized carbons (Fsp3) is 0.833. The van der Waals surface area contributed by atoms with E-state index in [-0.39, 0.29) is 6.10 Å². The molecule has 0 aromatic carbocycles. The second-order valence-corrected chi connectivity index (χ2v) is 7.45. The number of hydrogen-bond donors (Lipinski definition) is 2. The van der Waals surface area contributed by atoms with Crippen LogP contribution in [0.5, 0.6) is 0 Å². The lowest BCUT2D eigenvalue weighted by molar-refractivity contribution is -1.03. The first kappa shape index (κ1) is 18.5. The molecule has 7 nitrogen and oxygen atoms in total. The number of nitrogens with zero attached hydrogens (tertiary/aromatic N) is 4. The van der Waals surface area contributed by atoms with Crippen LogP contribution in [0.25, 0.3) is 0 Å². The van der Waals surface area contributed by atoms with Gasteiger partial charge in [0.15, 0.2) is 0 Å². The van der Waals surface area contributed by atoms with Crippen molar-refractivity contribution in [3.8, 4) is 0 Å². The number of aromatic nitrogens is 4. The molecular formula is C18H34N6O+2. The number of quaternary nitrogens is 2. The van der Waals surface area contributed by atoms with Crippen LogP contribution in [0.2, 0.25) is 0 Å². The first-order chi connectivity index (χ1) is 12.3. The van der Waals surface area contributed by atoms with Crippen LogP contribution in [0.3, 0.4) is 0 Å². The van der Waals surface area contributed by atoms with Crippen LogP contribution in [0.4, 0.5) is 0 Å². The molecular weight excluding hydrogens is 316 g/mol. The maximum atomic E-state index is 5.79. The van der Waals surface area contributed by atoms with E-state index in [1.54, 1.807) is 9.80 Å². The normalized spacial score (nSPS) is 28.1. The summed E-state index contributed by atoms with van der Waals surface area (Å²) in [5.74, 6) is 1.06. The largest absolute Gasteiger partial charge is 0.376 e. The van der Waals surface area contributed by atoms with E-state index in [1.165, 1.54) is 39.0 Å². The van der Waals surface area contributed by atoms with Crippen molar-refractivity contribution in [3.63, 3.8) is 0 Å². The molecule has 2 aliphatic heterocycles. The quantitative estimate of drug-likeness (QED) is 0.564. The summed E-state index contributed by atoms with van der Waals surface area (Å²) in [7, 11) is 0. The third-order valence-electron chi connectivity index (χ3n) is 5.64. The number of rotatable bonds is 9. The second-order valence-electron chi connectivity index (χ2n) is 7.45.